The second-order valence-corrected chi connectivity index (χ2v) is 8.69. The maximum Gasteiger partial charge on any atom is 0.168 e. The Morgan fingerprint density at radius 3 is 2.67 bits per heavy atom. The second kappa shape index (κ2) is 9.75. The number of ether oxygens (including phenoxy) is 2. The summed E-state index contributed by atoms with van der Waals surface area (Å²) in [5.41, 5.74) is 1.17. The molecule has 8 nitrogen and oxygen atoms in total. The van der Waals surface area contributed by atoms with Crippen LogP contribution in [-0.2, 0) is 11.3 Å². The molecule has 2 atom stereocenters. The highest BCUT2D eigenvalue weighted by atomic mass is 16.5. The normalized spacial score (nSPS) is 21.3. The van der Waals surface area contributed by atoms with Crippen LogP contribution in [0, 0.1) is 5.92 Å². The molecule has 30 heavy (non-hydrogen) atoms. The summed E-state index contributed by atoms with van der Waals surface area (Å²) in [5.74, 6) is 2.48. The Morgan fingerprint density at radius 1 is 1.17 bits per heavy atom. The number of para-hydroxylation sites is 2. The summed E-state index contributed by atoms with van der Waals surface area (Å²) < 4.78 is 13.4. The summed E-state index contributed by atoms with van der Waals surface area (Å²) in [7, 11) is 1.74. The molecule has 2 aliphatic rings. The van der Waals surface area contributed by atoms with Crippen LogP contribution in [0.2, 0.25) is 0 Å². The van der Waals surface area contributed by atoms with Crippen LogP contribution >= 0.6 is 0 Å². The second-order valence-electron chi connectivity index (χ2n) is 8.69. The number of piperazine rings is 1. The lowest BCUT2D eigenvalue weighted by atomic mass is 10.0. The van der Waals surface area contributed by atoms with Gasteiger partial charge in [-0.1, -0.05) is 26.0 Å². The van der Waals surface area contributed by atoms with E-state index in [1.54, 1.807) is 7.11 Å². The van der Waals surface area contributed by atoms with Gasteiger partial charge in [-0.05, 0) is 47.7 Å². The van der Waals surface area contributed by atoms with E-state index in [-0.39, 0.29) is 12.1 Å². The van der Waals surface area contributed by atoms with Crippen LogP contribution in [0.3, 0.4) is 0 Å². The highest BCUT2D eigenvalue weighted by molar-refractivity contribution is 5.58. The molecule has 0 radical (unpaired) electrons. The van der Waals surface area contributed by atoms with Crippen molar-refractivity contribution >= 4 is 5.69 Å². The Kier molecular flexibility index (Phi) is 6.84. The van der Waals surface area contributed by atoms with Crippen LogP contribution in [0.15, 0.2) is 24.3 Å². The van der Waals surface area contributed by atoms with Gasteiger partial charge in [0.15, 0.2) is 5.82 Å². The van der Waals surface area contributed by atoms with E-state index in [1.165, 1.54) is 5.69 Å². The average molecular weight is 415 g/mol. The van der Waals surface area contributed by atoms with Gasteiger partial charge >= 0.3 is 0 Å². The van der Waals surface area contributed by atoms with Crippen LogP contribution in [0.4, 0.5) is 5.69 Å². The fraction of sp³-hybridized carbons (Fsp3) is 0.682. The molecule has 2 aliphatic heterocycles. The molecular formula is C22H34N6O2. The lowest BCUT2D eigenvalue weighted by Gasteiger charge is -2.40. The van der Waals surface area contributed by atoms with E-state index >= 15 is 0 Å². The summed E-state index contributed by atoms with van der Waals surface area (Å²) in [4.78, 5) is 4.96. The van der Waals surface area contributed by atoms with Gasteiger partial charge in [-0.15, -0.1) is 5.10 Å². The van der Waals surface area contributed by atoms with Gasteiger partial charge in [0.2, 0.25) is 0 Å². The van der Waals surface area contributed by atoms with Crippen molar-refractivity contribution in [2.24, 2.45) is 5.92 Å². The third kappa shape index (κ3) is 4.75. The van der Waals surface area contributed by atoms with Gasteiger partial charge in [0, 0.05) is 32.8 Å². The highest BCUT2D eigenvalue weighted by Gasteiger charge is 2.31. The molecule has 2 saturated heterocycles. The van der Waals surface area contributed by atoms with Gasteiger partial charge in [0.1, 0.15) is 5.75 Å². The number of aromatic nitrogens is 4. The predicted octanol–water partition coefficient (Wildman–Crippen LogP) is 2.77. The number of rotatable bonds is 8. The Bertz CT molecular complexity index is 796. The molecule has 0 unspecified atom stereocenters. The maximum atomic E-state index is 5.82. The van der Waals surface area contributed by atoms with Gasteiger partial charge in [0.25, 0.3) is 0 Å². The minimum atomic E-state index is 0.223. The molecule has 0 N–H and O–H groups in total. The Labute approximate surface area is 179 Å². The number of tetrazole rings is 1. The summed E-state index contributed by atoms with van der Waals surface area (Å²) in [6.07, 6.45) is 3.49. The number of hydrogen-bond donors (Lipinski definition) is 0. The van der Waals surface area contributed by atoms with Crippen molar-refractivity contribution in [2.45, 2.75) is 51.8 Å². The lowest BCUT2D eigenvalue weighted by molar-refractivity contribution is 0.0885. The summed E-state index contributed by atoms with van der Waals surface area (Å²) in [6.45, 7) is 10.0. The summed E-state index contributed by atoms with van der Waals surface area (Å²) in [6, 6.07) is 8.49. The molecule has 3 heterocycles. The van der Waals surface area contributed by atoms with E-state index in [0.29, 0.717) is 5.92 Å². The molecule has 0 bridgehead atoms. The molecule has 1 aromatic heterocycles. The minimum Gasteiger partial charge on any atom is -0.495 e. The van der Waals surface area contributed by atoms with Crippen molar-refractivity contribution in [1.29, 1.82) is 0 Å². The van der Waals surface area contributed by atoms with Gasteiger partial charge in [-0.3, -0.25) is 4.90 Å². The fourth-order valence-electron chi connectivity index (χ4n) is 4.59. The number of anilines is 1. The van der Waals surface area contributed by atoms with Crippen molar-refractivity contribution in [1.82, 2.24) is 25.1 Å². The first-order valence-electron chi connectivity index (χ1n) is 11.2. The SMILES string of the molecule is COc1ccccc1N1CCN([C@H](CC(C)C)c2nnnn2C[C@H]2CCCO2)CC1. The largest absolute Gasteiger partial charge is 0.495 e. The molecule has 0 amide bonds. The first kappa shape index (κ1) is 21.1. The Morgan fingerprint density at radius 2 is 1.97 bits per heavy atom. The van der Waals surface area contributed by atoms with Crippen LogP contribution in [0.25, 0.3) is 0 Å². The Hall–Kier alpha value is -2.19. The van der Waals surface area contributed by atoms with E-state index in [4.69, 9.17) is 9.47 Å². The zero-order valence-electron chi connectivity index (χ0n) is 18.4. The standard InChI is InChI=1S/C22H34N6O2/c1-17(2)15-20(22-23-24-25-28(22)16-18-7-6-14-30-18)27-12-10-26(11-13-27)19-8-4-5-9-21(19)29-3/h4-5,8-9,17-18,20H,6-7,10-16H2,1-3H3/t18-,20-/m1/s1. The molecule has 4 rings (SSSR count). The van der Waals surface area contributed by atoms with Crippen LogP contribution in [-0.4, -0.2) is 71.1 Å². The number of benzene rings is 1. The van der Waals surface area contributed by atoms with Crippen LogP contribution < -0.4 is 9.64 Å². The molecule has 1 aromatic carbocycles. The van der Waals surface area contributed by atoms with Crippen LogP contribution in [0.1, 0.15) is 45.0 Å². The van der Waals surface area contributed by atoms with Gasteiger partial charge < -0.3 is 14.4 Å². The monoisotopic (exact) mass is 414 g/mol. The Balaban J connectivity index is 1.47. The van der Waals surface area contributed by atoms with Crippen molar-refractivity contribution in [2.75, 3.05) is 44.8 Å². The van der Waals surface area contributed by atoms with Crippen molar-refractivity contribution in [3.63, 3.8) is 0 Å². The third-order valence-corrected chi connectivity index (χ3v) is 6.13. The number of hydrogen-bond acceptors (Lipinski definition) is 7. The van der Waals surface area contributed by atoms with Crippen LogP contribution in [0.5, 0.6) is 5.75 Å². The molecule has 0 saturated carbocycles. The molecule has 2 fully saturated rings. The van der Waals surface area contributed by atoms with E-state index in [1.807, 2.05) is 16.8 Å². The highest BCUT2D eigenvalue weighted by Crippen LogP contribution is 2.32. The first-order valence-corrected chi connectivity index (χ1v) is 11.2. The van der Waals surface area contributed by atoms with Crippen molar-refractivity contribution < 1.29 is 9.47 Å². The maximum absolute atomic E-state index is 5.82. The van der Waals surface area contributed by atoms with E-state index in [2.05, 4.69) is 51.3 Å². The third-order valence-electron chi connectivity index (χ3n) is 6.13. The first-order chi connectivity index (χ1) is 14.7. The molecule has 0 spiro atoms. The zero-order valence-corrected chi connectivity index (χ0v) is 18.4. The minimum absolute atomic E-state index is 0.223. The number of methoxy groups -OCH3 is 1. The molecular weight excluding hydrogens is 380 g/mol. The van der Waals surface area contributed by atoms with Gasteiger partial charge in [-0.2, -0.15) is 0 Å². The quantitative estimate of drug-likeness (QED) is 0.658. The predicted molar refractivity (Wildman–Crippen MR) is 116 cm³/mol. The molecule has 2 aromatic rings. The van der Waals surface area contributed by atoms with Gasteiger partial charge in [0.05, 0.1) is 31.5 Å². The van der Waals surface area contributed by atoms with E-state index in [0.717, 1.165) is 70.2 Å². The van der Waals surface area contributed by atoms with E-state index < -0.39 is 0 Å². The molecule has 8 heteroatoms. The lowest BCUT2D eigenvalue weighted by Crippen LogP contribution is -2.48. The topological polar surface area (TPSA) is 68.5 Å². The average Bonchev–Trinajstić information content (AvgIpc) is 3.45. The van der Waals surface area contributed by atoms with Gasteiger partial charge in [-0.25, -0.2) is 4.68 Å². The van der Waals surface area contributed by atoms with E-state index in [9.17, 15) is 0 Å². The smallest absolute Gasteiger partial charge is 0.168 e. The van der Waals surface area contributed by atoms with Crippen molar-refractivity contribution in [3.8, 4) is 5.75 Å². The fourth-order valence-corrected chi connectivity index (χ4v) is 4.59. The summed E-state index contributed by atoms with van der Waals surface area (Å²) >= 11 is 0. The molecule has 0 aliphatic carbocycles. The number of nitrogens with zero attached hydrogens (tertiary/aromatic N) is 6. The molecule has 164 valence electrons. The zero-order chi connectivity index (χ0) is 20.9. The summed E-state index contributed by atoms with van der Waals surface area (Å²) in [5, 5.41) is 12.8. The van der Waals surface area contributed by atoms with Crippen molar-refractivity contribution in [3.05, 3.63) is 30.1 Å².